The van der Waals surface area contributed by atoms with Crippen LogP contribution in [0.2, 0.25) is 0 Å². The zero-order valence-corrected chi connectivity index (χ0v) is 19.0. The van der Waals surface area contributed by atoms with Gasteiger partial charge in [-0.25, -0.2) is 0 Å². The molecule has 10 nitrogen and oxygen atoms in total. The summed E-state index contributed by atoms with van der Waals surface area (Å²) in [7, 11) is 3.04. The summed E-state index contributed by atoms with van der Waals surface area (Å²) in [6, 6.07) is 12.8. The number of hydrogen-bond donors (Lipinski definition) is 1. The Hall–Kier alpha value is -4.60. The van der Waals surface area contributed by atoms with Crippen LogP contribution in [0.5, 0.6) is 11.5 Å². The van der Waals surface area contributed by atoms with Gasteiger partial charge in [-0.15, -0.1) is 0 Å². The smallest absolute Gasteiger partial charge is 0.290 e. The number of nitro groups is 1. The number of non-ortho nitro benzene ring substituents is 1. The number of hydrogen-bond acceptors (Lipinski definition) is 8. The van der Waals surface area contributed by atoms with E-state index in [4.69, 9.17) is 13.9 Å². The fourth-order valence-electron chi connectivity index (χ4n) is 4.10. The molecule has 1 aliphatic rings. The lowest BCUT2D eigenvalue weighted by Crippen LogP contribution is -2.33. The number of methoxy groups -OCH3 is 2. The molecular weight excluding hydrogens is 456 g/mol. The molecule has 1 aromatic heterocycles. The number of nitrogens with zero attached hydrogens (tertiary/aromatic N) is 2. The Morgan fingerprint density at radius 2 is 1.89 bits per heavy atom. The summed E-state index contributed by atoms with van der Waals surface area (Å²) in [6.07, 6.45) is 1.66. The molecule has 180 valence electrons. The largest absolute Gasteiger partial charge is 0.503 e. The molecule has 1 N–H and O–H groups in total. The van der Waals surface area contributed by atoms with Crippen LogP contribution < -0.4 is 9.47 Å². The topological polar surface area (TPSA) is 132 Å². The summed E-state index contributed by atoms with van der Waals surface area (Å²) >= 11 is 0. The molecule has 3 aromatic rings. The first-order chi connectivity index (χ1) is 16.8. The van der Waals surface area contributed by atoms with Gasteiger partial charge in [-0.1, -0.05) is 18.2 Å². The first-order valence-electron chi connectivity index (χ1n) is 10.6. The van der Waals surface area contributed by atoms with E-state index in [2.05, 4.69) is 0 Å². The highest BCUT2D eigenvalue weighted by atomic mass is 16.6. The molecule has 1 aliphatic heterocycles. The van der Waals surface area contributed by atoms with E-state index in [1.807, 2.05) is 6.07 Å². The molecule has 0 bridgehead atoms. The number of ketones is 1. The molecule has 1 atom stereocenters. The lowest BCUT2D eigenvalue weighted by molar-refractivity contribution is -0.384. The van der Waals surface area contributed by atoms with E-state index in [0.717, 1.165) is 5.56 Å². The monoisotopic (exact) mass is 478 g/mol. The third kappa shape index (κ3) is 4.45. The van der Waals surface area contributed by atoms with Crippen molar-refractivity contribution in [1.82, 2.24) is 4.90 Å². The number of amides is 1. The van der Waals surface area contributed by atoms with E-state index in [-0.39, 0.29) is 23.6 Å². The molecule has 0 saturated heterocycles. The van der Waals surface area contributed by atoms with Crippen molar-refractivity contribution in [2.45, 2.75) is 12.5 Å². The van der Waals surface area contributed by atoms with Gasteiger partial charge in [-0.2, -0.15) is 0 Å². The fraction of sp³-hybridized carbons (Fsp3) is 0.200. The van der Waals surface area contributed by atoms with Crippen LogP contribution in [-0.4, -0.2) is 47.4 Å². The lowest BCUT2D eigenvalue weighted by atomic mass is 9.94. The van der Waals surface area contributed by atoms with Gasteiger partial charge in [0.1, 0.15) is 0 Å². The molecule has 2 aromatic carbocycles. The minimum absolute atomic E-state index is 0.0588. The van der Waals surface area contributed by atoms with Crippen molar-refractivity contribution >= 4 is 17.4 Å². The van der Waals surface area contributed by atoms with Gasteiger partial charge in [-0.3, -0.25) is 19.7 Å². The van der Waals surface area contributed by atoms with Crippen LogP contribution in [0.3, 0.4) is 0 Å². The molecule has 1 unspecified atom stereocenters. The number of Topliss-reactive ketones (excluding diaryl/α,β-unsaturated/α-hetero) is 1. The second-order valence-electron chi connectivity index (χ2n) is 7.76. The van der Waals surface area contributed by atoms with Crippen molar-refractivity contribution in [1.29, 1.82) is 0 Å². The summed E-state index contributed by atoms with van der Waals surface area (Å²) in [4.78, 5) is 38.4. The maximum absolute atomic E-state index is 13.2. The van der Waals surface area contributed by atoms with Gasteiger partial charge < -0.3 is 23.9 Å². The molecule has 0 spiro atoms. The molecule has 1 amide bonds. The van der Waals surface area contributed by atoms with Gasteiger partial charge >= 0.3 is 0 Å². The van der Waals surface area contributed by atoms with Crippen molar-refractivity contribution in [2.24, 2.45) is 0 Å². The molecule has 0 radical (unpaired) electrons. The van der Waals surface area contributed by atoms with Gasteiger partial charge in [0.2, 0.25) is 5.78 Å². The Morgan fingerprint density at radius 3 is 2.54 bits per heavy atom. The third-order valence-corrected chi connectivity index (χ3v) is 5.78. The Morgan fingerprint density at radius 1 is 1.11 bits per heavy atom. The summed E-state index contributed by atoms with van der Waals surface area (Å²) < 4.78 is 15.8. The van der Waals surface area contributed by atoms with Crippen molar-refractivity contribution < 1.29 is 33.5 Å². The minimum Gasteiger partial charge on any atom is -0.503 e. The SMILES string of the molecule is COc1ccc(CCN2C(=O)C(O)=C(C(=O)c3ccco3)C2c2cccc([N+](=O)[O-])c2)cc1OC. The van der Waals surface area contributed by atoms with E-state index in [1.54, 1.807) is 18.2 Å². The number of aliphatic hydroxyl groups excluding tert-OH is 1. The number of furan rings is 1. The van der Waals surface area contributed by atoms with Crippen LogP contribution in [-0.2, 0) is 11.2 Å². The predicted molar refractivity (Wildman–Crippen MR) is 123 cm³/mol. The van der Waals surface area contributed by atoms with E-state index in [0.29, 0.717) is 23.5 Å². The maximum Gasteiger partial charge on any atom is 0.290 e. The van der Waals surface area contributed by atoms with Crippen molar-refractivity contribution in [3.05, 3.63) is 99.2 Å². The van der Waals surface area contributed by atoms with E-state index in [9.17, 15) is 24.8 Å². The van der Waals surface area contributed by atoms with Gasteiger partial charge in [0, 0.05) is 18.7 Å². The molecular formula is C25H22N2O8. The number of carbonyl (C=O) groups is 2. The highest BCUT2D eigenvalue weighted by Gasteiger charge is 2.44. The summed E-state index contributed by atoms with van der Waals surface area (Å²) in [5.74, 6) is -1.13. The second-order valence-corrected chi connectivity index (χ2v) is 7.76. The lowest BCUT2D eigenvalue weighted by Gasteiger charge is -2.26. The molecule has 0 fully saturated rings. The predicted octanol–water partition coefficient (Wildman–Crippen LogP) is 4.03. The van der Waals surface area contributed by atoms with Crippen LogP contribution >= 0.6 is 0 Å². The Labute approximate surface area is 200 Å². The molecule has 0 saturated carbocycles. The molecule has 2 heterocycles. The Kier molecular flexibility index (Phi) is 6.54. The van der Waals surface area contributed by atoms with Crippen molar-refractivity contribution in [2.75, 3.05) is 20.8 Å². The first-order valence-corrected chi connectivity index (χ1v) is 10.6. The van der Waals surface area contributed by atoms with Gasteiger partial charge in [0.15, 0.2) is 23.0 Å². The highest BCUT2D eigenvalue weighted by Crippen LogP contribution is 2.40. The second kappa shape index (κ2) is 9.72. The minimum atomic E-state index is -1.04. The van der Waals surface area contributed by atoms with Crippen molar-refractivity contribution in [3.8, 4) is 11.5 Å². The average molecular weight is 478 g/mol. The average Bonchev–Trinajstić information content (AvgIpc) is 3.49. The van der Waals surface area contributed by atoms with Gasteiger partial charge in [0.25, 0.3) is 11.6 Å². The standard InChI is InChI=1S/C25H22N2O8/c1-33-18-9-8-15(13-20(18)34-2)10-11-26-22(16-5-3-6-17(14-16)27(31)32)21(24(29)25(26)30)23(28)19-7-4-12-35-19/h3-9,12-14,22,29H,10-11H2,1-2H3. The van der Waals surface area contributed by atoms with Gasteiger partial charge in [-0.05, 0) is 41.8 Å². The van der Waals surface area contributed by atoms with Crippen LogP contribution in [0, 0.1) is 10.1 Å². The zero-order chi connectivity index (χ0) is 25.1. The number of ether oxygens (including phenoxy) is 2. The maximum atomic E-state index is 13.2. The first kappa shape index (κ1) is 23.6. The zero-order valence-electron chi connectivity index (χ0n) is 19.0. The van der Waals surface area contributed by atoms with Crippen LogP contribution in [0.4, 0.5) is 5.69 Å². The number of rotatable bonds is 9. The van der Waals surface area contributed by atoms with Crippen molar-refractivity contribution in [3.63, 3.8) is 0 Å². The van der Waals surface area contributed by atoms with E-state index in [1.165, 1.54) is 55.7 Å². The Bertz CT molecular complexity index is 1310. The number of aliphatic hydroxyl groups is 1. The summed E-state index contributed by atoms with van der Waals surface area (Å²) in [5.41, 5.74) is 0.737. The molecule has 35 heavy (non-hydrogen) atoms. The highest BCUT2D eigenvalue weighted by molar-refractivity contribution is 6.15. The van der Waals surface area contributed by atoms with Crippen LogP contribution in [0.15, 0.2) is 76.6 Å². The van der Waals surface area contributed by atoms with E-state index >= 15 is 0 Å². The third-order valence-electron chi connectivity index (χ3n) is 5.78. The number of benzene rings is 2. The molecule has 4 rings (SSSR count). The summed E-state index contributed by atoms with van der Waals surface area (Å²) in [6.45, 7) is 0.112. The molecule has 0 aliphatic carbocycles. The molecule has 10 heteroatoms. The normalized spacial score (nSPS) is 15.4. The number of carbonyl (C=O) groups excluding carboxylic acids is 2. The van der Waals surface area contributed by atoms with Gasteiger partial charge in [0.05, 0.1) is 37.0 Å². The Balaban J connectivity index is 1.71. The number of nitro benzene ring substituents is 1. The van der Waals surface area contributed by atoms with Crippen LogP contribution in [0.25, 0.3) is 0 Å². The quantitative estimate of drug-likeness (QED) is 0.277. The fourth-order valence-corrected chi connectivity index (χ4v) is 4.10. The summed E-state index contributed by atoms with van der Waals surface area (Å²) in [5, 5.41) is 22.1. The van der Waals surface area contributed by atoms with Crippen LogP contribution in [0.1, 0.15) is 27.7 Å². The van der Waals surface area contributed by atoms with E-state index < -0.39 is 28.4 Å².